The molecule has 3 aromatic rings. The fourth-order valence-corrected chi connectivity index (χ4v) is 3.80. The molecule has 1 aromatic heterocycles. The van der Waals surface area contributed by atoms with E-state index < -0.39 is 34.4 Å². The summed E-state index contributed by atoms with van der Waals surface area (Å²) in [5.41, 5.74) is -1.87. The number of piperazine rings is 1. The van der Waals surface area contributed by atoms with Crippen LogP contribution in [0.1, 0.15) is 15.9 Å². The minimum Gasteiger partial charge on any atom is -0.477 e. The minimum atomic E-state index is -1.57. The van der Waals surface area contributed by atoms with Gasteiger partial charge in [-0.3, -0.25) is 4.79 Å². The summed E-state index contributed by atoms with van der Waals surface area (Å²) in [6.45, 7) is 2.05. The highest BCUT2D eigenvalue weighted by atomic mass is 19.1. The molecule has 1 aliphatic rings. The molecule has 0 radical (unpaired) electrons. The van der Waals surface area contributed by atoms with Crippen molar-refractivity contribution < 1.29 is 23.1 Å². The summed E-state index contributed by atoms with van der Waals surface area (Å²) >= 11 is 0. The van der Waals surface area contributed by atoms with Crippen LogP contribution in [-0.4, -0.2) is 41.8 Å². The minimum absolute atomic E-state index is 0.0188. The molecule has 31 heavy (non-hydrogen) atoms. The summed E-state index contributed by atoms with van der Waals surface area (Å²) in [5, 5.41) is 12.3. The van der Waals surface area contributed by atoms with Gasteiger partial charge in [-0.15, -0.1) is 6.42 Å². The van der Waals surface area contributed by atoms with Gasteiger partial charge in [0.25, 0.3) is 0 Å². The van der Waals surface area contributed by atoms with E-state index >= 15 is 4.39 Å². The van der Waals surface area contributed by atoms with E-state index in [1.165, 1.54) is 0 Å². The average molecular weight is 427 g/mol. The maximum Gasteiger partial charge on any atom is 0.341 e. The van der Waals surface area contributed by atoms with Crippen molar-refractivity contribution >= 4 is 22.6 Å². The zero-order valence-corrected chi connectivity index (χ0v) is 16.1. The first-order valence-electron chi connectivity index (χ1n) is 9.36. The average Bonchev–Trinajstić information content (AvgIpc) is 2.74. The number of benzene rings is 2. The Bertz CT molecular complexity index is 1320. The lowest BCUT2D eigenvalue weighted by molar-refractivity contribution is 0.0695. The smallest absolute Gasteiger partial charge is 0.341 e. The van der Waals surface area contributed by atoms with Crippen LogP contribution in [0.4, 0.5) is 18.9 Å². The van der Waals surface area contributed by atoms with Gasteiger partial charge in [0, 0.05) is 38.4 Å². The predicted molar refractivity (Wildman–Crippen MR) is 109 cm³/mol. The van der Waals surface area contributed by atoms with Crippen molar-refractivity contribution in [2.45, 2.75) is 0 Å². The second kappa shape index (κ2) is 7.81. The molecular weight excluding hydrogens is 411 g/mol. The van der Waals surface area contributed by atoms with E-state index in [0.717, 1.165) is 29.0 Å². The largest absolute Gasteiger partial charge is 0.477 e. The summed E-state index contributed by atoms with van der Waals surface area (Å²) in [7, 11) is 0. The number of nitrogens with zero attached hydrogens (tertiary/aromatic N) is 2. The number of carboxylic acids is 1. The number of fused-ring (bicyclic) bond motifs is 1. The monoisotopic (exact) mass is 427 g/mol. The topological polar surface area (TPSA) is 74.6 Å². The number of rotatable bonds is 3. The second-order valence-electron chi connectivity index (χ2n) is 7.00. The van der Waals surface area contributed by atoms with E-state index in [9.17, 15) is 23.5 Å². The molecule has 1 fully saturated rings. The Labute approximate surface area is 174 Å². The maximum atomic E-state index is 15.2. The van der Waals surface area contributed by atoms with Gasteiger partial charge in [0.15, 0.2) is 0 Å². The van der Waals surface area contributed by atoms with Crippen LogP contribution in [0.15, 0.2) is 35.3 Å². The predicted octanol–water partition coefficient (Wildman–Crippen LogP) is 2.50. The Morgan fingerprint density at radius 3 is 2.45 bits per heavy atom. The SMILES string of the molecule is C#Cc1c(N2CCNCC2)c(F)cc2c(=O)c(C(=O)O)cn(-c3ccc(F)cc3F)c12. The third-order valence-corrected chi connectivity index (χ3v) is 5.19. The van der Waals surface area contributed by atoms with Crippen molar-refractivity contribution in [1.82, 2.24) is 9.88 Å². The van der Waals surface area contributed by atoms with Crippen LogP contribution in [0.5, 0.6) is 0 Å². The third-order valence-electron chi connectivity index (χ3n) is 5.19. The Kier molecular flexibility index (Phi) is 5.17. The highest BCUT2D eigenvalue weighted by Gasteiger charge is 2.26. The van der Waals surface area contributed by atoms with Crippen molar-refractivity contribution in [2.24, 2.45) is 0 Å². The van der Waals surface area contributed by atoms with Crippen LogP contribution in [-0.2, 0) is 0 Å². The van der Waals surface area contributed by atoms with E-state index in [2.05, 4.69) is 11.2 Å². The molecular formula is C22H16F3N3O3. The molecule has 0 saturated carbocycles. The quantitative estimate of drug-likeness (QED) is 0.629. The summed E-state index contributed by atoms with van der Waals surface area (Å²) in [6.07, 6.45) is 6.63. The van der Waals surface area contributed by atoms with Crippen molar-refractivity contribution in [3.63, 3.8) is 0 Å². The van der Waals surface area contributed by atoms with Crippen molar-refractivity contribution in [2.75, 3.05) is 31.1 Å². The number of aromatic nitrogens is 1. The summed E-state index contributed by atoms with van der Waals surface area (Å²) < 4.78 is 44.3. The highest BCUT2D eigenvalue weighted by Crippen LogP contribution is 2.33. The number of terminal acetylenes is 1. The van der Waals surface area contributed by atoms with E-state index in [0.29, 0.717) is 32.2 Å². The number of hydrogen-bond donors (Lipinski definition) is 2. The molecule has 2 heterocycles. The van der Waals surface area contributed by atoms with E-state index in [1.807, 2.05) is 0 Å². The number of pyridine rings is 1. The molecule has 1 aliphatic heterocycles. The molecule has 2 N–H and O–H groups in total. The number of carboxylic acid groups (broad SMARTS) is 1. The van der Waals surface area contributed by atoms with Crippen LogP contribution < -0.4 is 15.6 Å². The molecule has 9 heteroatoms. The van der Waals surface area contributed by atoms with Gasteiger partial charge < -0.3 is 19.9 Å². The third kappa shape index (κ3) is 3.41. The lowest BCUT2D eigenvalue weighted by Gasteiger charge is -2.31. The normalized spacial score (nSPS) is 13.9. The number of anilines is 1. The van der Waals surface area contributed by atoms with Gasteiger partial charge in [0.2, 0.25) is 5.43 Å². The first-order chi connectivity index (χ1) is 14.8. The van der Waals surface area contributed by atoms with E-state index in [1.54, 1.807) is 4.90 Å². The lowest BCUT2D eigenvalue weighted by Crippen LogP contribution is -2.44. The van der Waals surface area contributed by atoms with Gasteiger partial charge in [-0.25, -0.2) is 18.0 Å². The summed E-state index contributed by atoms with van der Waals surface area (Å²) in [6, 6.07) is 3.61. The number of halogens is 3. The zero-order valence-electron chi connectivity index (χ0n) is 16.1. The van der Waals surface area contributed by atoms with Crippen LogP contribution in [0.3, 0.4) is 0 Å². The Morgan fingerprint density at radius 2 is 1.84 bits per heavy atom. The van der Waals surface area contributed by atoms with Crippen LogP contribution in [0.2, 0.25) is 0 Å². The maximum absolute atomic E-state index is 15.2. The molecule has 0 aliphatic carbocycles. The standard InChI is InChI=1S/C22H16F3N3O3/c1-2-13-19-14(10-17(25)20(13)27-7-5-26-6-8-27)21(29)15(22(30)31)11-28(19)18-4-3-12(23)9-16(18)24/h1,3-4,9-11,26H,5-8H2,(H,30,31). The van der Waals surface area contributed by atoms with Gasteiger partial charge in [0.1, 0.15) is 23.0 Å². The molecule has 0 spiro atoms. The molecule has 158 valence electrons. The summed E-state index contributed by atoms with van der Waals surface area (Å²) in [4.78, 5) is 26.1. The summed E-state index contributed by atoms with van der Waals surface area (Å²) in [5.74, 6) is -1.81. The van der Waals surface area contributed by atoms with Crippen molar-refractivity contribution in [3.8, 4) is 18.0 Å². The van der Waals surface area contributed by atoms with E-state index in [4.69, 9.17) is 6.42 Å². The van der Waals surface area contributed by atoms with Crippen LogP contribution in [0, 0.1) is 29.8 Å². The molecule has 0 atom stereocenters. The van der Waals surface area contributed by atoms with E-state index in [-0.39, 0.29) is 27.8 Å². The molecule has 0 unspecified atom stereocenters. The Balaban J connectivity index is 2.17. The molecule has 0 amide bonds. The fourth-order valence-electron chi connectivity index (χ4n) is 3.80. The lowest BCUT2D eigenvalue weighted by atomic mass is 10.0. The Hall–Kier alpha value is -3.77. The van der Waals surface area contributed by atoms with Gasteiger partial charge in [-0.2, -0.15) is 0 Å². The molecule has 6 nitrogen and oxygen atoms in total. The highest BCUT2D eigenvalue weighted by molar-refractivity contribution is 5.97. The zero-order chi connectivity index (χ0) is 22.3. The van der Waals surface area contributed by atoms with Gasteiger partial charge in [0.05, 0.1) is 27.8 Å². The van der Waals surface area contributed by atoms with Gasteiger partial charge >= 0.3 is 5.97 Å². The fraction of sp³-hybridized carbons (Fsp3) is 0.182. The second-order valence-corrected chi connectivity index (χ2v) is 7.00. The van der Waals surface area contributed by atoms with Crippen LogP contribution in [0.25, 0.3) is 16.6 Å². The number of carbonyl (C=O) groups is 1. The van der Waals surface area contributed by atoms with Gasteiger partial charge in [-0.1, -0.05) is 5.92 Å². The Morgan fingerprint density at radius 1 is 1.13 bits per heavy atom. The van der Waals surface area contributed by atoms with Crippen LogP contribution >= 0.6 is 0 Å². The molecule has 1 saturated heterocycles. The van der Waals surface area contributed by atoms with Crippen molar-refractivity contribution in [3.05, 3.63) is 69.3 Å². The molecule has 2 aromatic carbocycles. The number of nitrogens with one attached hydrogen (secondary N) is 1. The molecule has 0 bridgehead atoms. The van der Waals surface area contributed by atoms with Crippen molar-refractivity contribution in [1.29, 1.82) is 0 Å². The number of hydrogen-bond acceptors (Lipinski definition) is 4. The van der Waals surface area contributed by atoms with Gasteiger partial charge in [-0.05, 0) is 18.2 Å². The first-order valence-corrected chi connectivity index (χ1v) is 9.36. The molecule has 4 rings (SSSR count). The number of aromatic carboxylic acids is 1. The first kappa shape index (κ1) is 20.5.